The number of ether oxygens (including phenoxy) is 1. The van der Waals surface area contributed by atoms with Crippen molar-refractivity contribution in [2.45, 2.75) is 31.9 Å². The monoisotopic (exact) mass is 237 g/mol. The lowest BCUT2D eigenvalue weighted by molar-refractivity contribution is 0.109. The summed E-state index contributed by atoms with van der Waals surface area (Å²) in [4.78, 5) is 4.32. The molecule has 0 amide bonds. The van der Waals surface area contributed by atoms with Gasteiger partial charge < -0.3 is 4.74 Å². The number of nitrogens with zero attached hydrogens (tertiary/aromatic N) is 2. The third-order valence-corrected chi connectivity index (χ3v) is 3.43. The normalized spacial score (nSPS) is 21.9. The maximum atomic E-state index is 9.07. The van der Waals surface area contributed by atoms with Crippen LogP contribution in [-0.2, 0) is 4.74 Å². The maximum absolute atomic E-state index is 9.07. The Morgan fingerprint density at radius 1 is 1.81 bits per heavy atom. The number of thiazole rings is 1. The van der Waals surface area contributed by atoms with Crippen LogP contribution in [0.25, 0.3) is 0 Å². The molecule has 16 heavy (non-hydrogen) atoms. The molecule has 0 aromatic carbocycles. The zero-order valence-electron chi connectivity index (χ0n) is 9.27. The molecule has 2 heterocycles. The van der Waals surface area contributed by atoms with Crippen molar-refractivity contribution in [3.63, 3.8) is 0 Å². The van der Waals surface area contributed by atoms with Gasteiger partial charge in [-0.2, -0.15) is 5.26 Å². The van der Waals surface area contributed by atoms with Crippen LogP contribution in [0.1, 0.15) is 29.6 Å². The second-order valence-electron chi connectivity index (χ2n) is 3.90. The molecule has 1 aromatic heterocycles. The standard InChI is InChI=1S/C11H15N3OS/c1-8-14-11(7-16-8)10(5-12)13-6-9-3-2-4-15-9/h7,9-10,13H,2-4,6H2,1H3. The van der Waals surface area contributed by atoms with Crippen LogP contribution in [0.15, 0.2) is 5.38 Å². The molecule has 0 spiro atoms. The van der Waals surface area contributed by atoms with Gasteiger partial charge in [0.2, 0.25) is 0 Å². The number of aromatic nitrogens is 1. The van der Waals surface area contributed by atoms with E-state index in [1.807, 2.05) is 12.3 Å². The second-order valence-corrected chi connectivity index (χ2v) is 4.96. The van der Waals surface area contributed by atoms with Gasteiger partial charge in [-0.05, 0) is 19.8 Å². The van der Waals surface area contributed by atoms with E-state index in [0.29, 0.717) is 0 Å². The zero-order chi connectivity index (χ0) is 11.4. The van der Waals surface area contributed by atoms with Crippen molar-refractivity contribution in [1.29, 1.82) is 5.26 Å². The van der Waals surface area contributed by atoms with Gasteiger partial charge in [0.05, 0.1) is 22.9 Å². The molecule has 0 bridgehead atoms. The molecular weight excluding hydrogens is 222 g/mol. The van der Waals surface area contributed by atoms with Gasteiger partial charge in [0.15, 0.2) is 0 Å². The Bertz CT molecular complexity index is 379. The van der Waals surface area contributed by atoms with Crippen LogP contribution in [0, 0.1) is 18.3 Å². The summed E-state index contributed by atoms with van der Waals surface area (Å²) in [6.07, 6.45) is 2.47. The highest BCUT2D eigenvalue weighted by atomic mass is 32.1. The summed E-state index contributed by atoms with van der Waals surface area (Å²) in [5.74, 6) is 0. The zero-order valence-corrected chi connectivity index (χ0v) is 10.1. The fourth-order valence-electron chi connectivity index (χ4n) is 1.78. The van der Waals surface area contributed by atoms with E-state index in [2.05, 4.69) is 16.4 Å². The second kappa shape index (κ2) is 5.39. The highest BCUT2D eigenvalue weighted by Gasteiger charge is 2.19. The van der Waals surface area contributed by atoms with E-state index in [9.17, 15) is 0 Å². The lowest BCUT2D eigenvalue weighted by Crippen LogP contribution is -2.29. The first-order valence-electron chi connectivity index (χ1n) is 5.46. The molecule has 1 aliphatic heterocycles. The van der Waals surface area contributed by atoms with Gasteiger partial charge in [-0.25, -0.2) is 4.98 Å². The van der Waals surface area contributed by atoms with Gasteiger partial charge in [-0.1, -0.05) is 0 Å². The number of hydrogen-bond donors (Lipinski definition) is 1. The van der Waals surface area contributed by atoms with Crippen molar-refractivity contribution in [1.82, 2.24) is 10.3 Å². The van der Waals surface area contributed by atoms with Gasteiger partial charge in [0.1, 0.15) is 6.04 Å². The Kier molecular flexibility index (Phi) is 3.88. The Morgan fingerprint density at radius 2 is 2.69 bits per heavy atom. The molecule has 0 saturated carbocycles. The van der Waals surface area contributed by atoms with Crippen molar-refractivity contribution >= 4 is 11.3 Å². The van der Waals surface area contributed by atoms with Crippen molar-refractivity contribution in [3.8, 4) is 6.07 Å². The summed E-state index contributed by atoms with van der Waals surface area (Å²) in [6, 6.07) is 1.92. The minimum absolute atomic E-state index is 0.260. The Balaban J connectivity index is 1.88. The van der Waals surface area contributed by atoms with E-state index in [-0.39, 0.29) is 12.1 Å². The smallest absolute Gasteiger partial charge is 0.139 e. The summed E-state index contributed by atoms with van der Waals surface area (Å²) in [6.45, 7) is 3.52. The first kappa shape index (κ1) is 11.5. The number of nitriles is 1. The highest BCUT2D eigenvalue weighted by Crippen LogP contribution is 2.17. The Labute approximate surface area is 99.3 Å². The van der Waals surface area contributed by atoms with Crippen molar-refractivity contribution < 1.29 is 4.74 Å². The molecule has 1 saturated heterocycles. The summed E-state index contributed by atoms with van der Waals surface area (Å²) in [5, 5.41) is 15.2. The fraction of sp³-hybridized carbons (Fsp3) is 0.636. The molecule has 0 aliphatic carbocycles. The molecule has 1 fully saturated rings. The molecule has 2 atom stereocenters. The van der Waals surface area contributed by atoms with E-state index < -0.39 is 0 Å². The summed E-state index contributed by atoms with van der Waals surface area (Å²) < 4.78 is 5.50. The number of hydrogen-bond acceptors (Lipinski definition) is 5. The van der Waals surface area contributed by atoms with Crippen molar-refractivity contribution in [2.24, 2.45) is 0 Å². The highest BCUT2D eigenvalue weighted by molar-refractivity contribution is 7.09. The molecule has 0 radical (unpaired) electrons. The minimum atomic E-state index is -0.311. The molecular formula is C11H15N3OS. The van der Waals surface area contributed by atoms with E-state index in [0.717, 1.165) is 36.7 Å². The van der Waals surface area contributed by atoms with Crippen LogP contribution in [-0.4, -0.2) is 24.2 Å². The van der Waals surface area contributed by atoms with Gasteiger partial charge in [0, 0.05) is 18.5 Å². The van der Waals surface area contributed by atoms with E-state index >= 15 is 0 Å². The predicted octanol–water partition coefficient (Wildman–Crippen LogP) is 1.78. The molecule has 4 nitrogen and oxygen atoms in total. The van der Waals surface area contributed by atoms with Gasteiger partial charge >= 0.3 is 0 Å². The quantitative estimate of drug-likeness (QED) is 0.867. The van der Waals surface area contributed by atoms with Crippen LogP contribution in [0.5, 0.6) is 0 Å². The van der Waals surface area contributed by atoms with Crippen molar-refractivity contribution in [2.75, 3.05) is 13.2 Å². The first-order chi connectivity index (χ1) is 7.79. The van der Waals surface area contributed by atoms with Crippen molar-refractivity contribution in [3.05, 3.63) is 16.1 Å². The van der Waals surface area contributed by atoms with E-state index in [4.69, 9.17) is 10.00 Å². The average Bonchev–Trinajstić information content (AvgIpc) is 2.91. The molecule has 2 unspecified atom stereocenters. The number of aryl methyl sites for hydroxylation is 1. The first-order valence-corrected chi connectivity index (χ1v) is 6.34. The fourth-order valence-corrected chi connectivity index (χ4v) is 2.42. The third kappa shape index (κ3) is 2.79. The lowest BCUT2D eigenvalue weighted by atomic mass is 10.2. The number of rotatable bonds is 4. The summed E-state index contributed by atoms with van der Waals surface area (Å²) in [7, 11) is 0. The largest absolute Gasteiger partial charge is 0.377 e. The van der Waals surface area contributed by atoms with E-state index in [1.54, 1.807) is 11.3 Å². The molecule has 1 aliphatic rings. The van der Waals surface area contributed by atoms with Gasteiger partial charge in [-0.3, -0.25) is 5.32 Å². The SMILES string of the molecule is Cc1nc(C(C#N)NCC2CCCO2)cs1. The molecule has 5 heteroatoms. The van der Waals surface area contributed by atoms with E-state index in [1.165, 1.54) is 0 Å². The molecule has 1 aromatic rings. The average molecular weight is 237 g/mol. The minimum Gasteiger partial charge on any atom is -0.377 e. The Morgan fingerprint density at radius 3 is 3.25 bits per heavy atom. The third-order valence-electron chi connectivity index (χ3n) is 2.64. The van der Waals surface area contributed by atoms with Crippen LogP contribution in [0.4, 0.5) is 0 Å². The molecule has 1 N–H and O–H groups in total. The van der Waals surface area contributed by atoms with Gasteiger partial charge in [0.25, 0.3) is 0 Å². The van der Waals surface area contributed by atoms with Crippen LogP contribution in [0.2, 0.25) is 0 Å². The summed E-state index contributed by atoms with van der Waals surface area (Å²) >= 11 is 1.57. The predicted molar refractivity (Wildman–Crippen MR) is 62.2 cm³/mol. The topological polar surface area (TPSA) is 57.9 Å². The number of nitrogens with one attached hydrogen (secondary N) is 1. The van der Waals surface area contributed by atoms with Crippen LogP contribution < -0.4 is 5.32 Å². The van der Waals surface area contributed by atoms with Crippen LogP contribution >= 0.6 is 11.3 Å². The maximum Gasteiger partial charge on any atom is 0.139 e. The molecule has 86 valence electrons. The Hall–Kier alpha value is -0.960. The summed E-state index contributed by atoms with van der Waals surface area (Å²) in [5.41, 5.74) is 0.822. The molecule has 2 rings (SSSR count). The van der Waals surface area contributed by atoms with Crippen LogP contribution in [0.3, 0.4) is 0 Å². The van der Waals surface area contributed by atoms with Gasteiger partial charge in [-0.15, -0.1) is 11.3 Å². The lowest BCUT2D eigenvalue weighted by Gasteiger charge is -2.13.